The highest BCUT2D eigenvalue weighted by molar-refractivity contribution is 4.89. The standard InChI is InChI=1S/C13H26N2/c1-4-12-7-14-13(10(2)3)9-15(12)8-11-5-6-11/h10-14H,4-9H2,1-3H3. The van der Waals surface area contributed by atoms with Crippen molar-refractivity contribution >= 4 is 0 Å². The highest BCUT2D eigenvalue weighted by Gasteiger charge is 2.32. The second kappa shape index (κ2) is 4.84. The van der Waals surface area contributed by atoms with Crippen molar-refractivity contribution in [3.63, 3.8) is 0 Å². The maximum Gasteiger partial charge on any atom is 0.0218 e. The molecule has 1 saturated heterocycles. The van der Waals surface area contributed by atoms with Crippen LogP contribution < -0.4 is 5.32 Å². The minimum atomic E-state index is 0.714. The maximum absolute atomic E-state index is 3.70. The number of nitrogens with zero attached hydrogens (tertiary/aromatic N) is 1. The molecule has 2 nitrogen and oxygen atoms in total. The predicted molar refractivity (Wildman–Crippen MR) is 65.0 cm³/mol. The number of hydrogen-bond acceptors (Lipinski definition) is 2. The van der Waals surface area contributed by atoms with Crippen molar-refractivity contribution in [3.8, 4) is 0 Å². The molecule has 2 unspecified atom stereocenters. The van der Waals surface area contributed by atoms with E-state index in [0.29, 0.717) is 6.04 Å². The van der Waals surface area contributed by atoms with Crippen molar-refractivity contribution in [2.75, 3.05) is 19.6 Å². The van der Waals surface area contributed by atoms with E-state index < -0.39 is 0 Å². The van der Waals surface area contributed by atoms with Gasteiger partial charge in [0, 0.05) is 31.7 Å². The van der Waals surface area contributed by atoms with E-state index in [1.54, 1.807) is 0 Å². The third-order valence-electron chi connectivity index (χ3n) is 4.03. The Kier molecular flexibility index (Phi) is 3.68. The summed E-state index contributed by atoms with van der Waals surface area (Å²) in [6, 6.07) is 1.51. The van der Waals surface area contributed by atoms with Crippen LogP contribution in [0.1, 0.15) is 40.0 Å². The number of piperazine rings is 1. The Morgan fingerprint density at radius 2 is 2.07 bits per heavy atom. The molecule has 0 aromatic heterocycles. The molecule has 0 aromatic carbocycles. The Morgan fingerprint density at radius 3 is 2.60 bits per heavy atom. The Morgan fingerprint density at radius 1 is 1.33 bits per heavy atom. The van der Waals surface area contributed by atoms with Crippen LogP contribution in [0, 0.1) is 11.8 Å². The molecule has 15 heavy (non-hydrogen) atoms. The molecule has 0 aromatic rings. The lowest BCUT2D eigenvalue weighted by Gasteiger charge is -2.41. The summed E-state index contributed by atoms with van der Waals surface area (Å²) >= 11 is 0. The van der Waals surface area contributed by atoms with Crippen LogP contribution >= 0.6 is 0 Å². The Labute approximate surface area is 94.4 Å². The van der Waals surface area contributed by atoms with Crippen molar-refractivity contribution in [1.29, 1.82) is 0 Å². The highest BCUT2D eigenvalue weighted by atomic mass is 15.2. The minimum absolute atomic E-state index is 0.714. The third-order valence-corrected chi connectivity index (χ3v) is 4.03. The first-order chi connectivity index (χ1) is 7.20. The van der Waals surface area contributed by atoms with Gasteiger partial charge in [0.25, 0.3) is 0 Å². The van der Waals surface area contributed by atoms with Gasteiger partial charge in [-0.15, -0.1) is 0 Å². The van der Waals surface area contributed by atoms with Gasteiger partial charge in [-0.1, -0.05) is 20.8 Å². The molecule has 2 fully saturated rings. The summed E-state index contributed by atoms with van der Waals surface area (Å²) in [6.07, 6.45) is 4.25. The predicted octanol–water partition coefficient (Wildman–Crippen LogP) is 2.10. The van der Waals surface area contributed by atoms with Crippen molar-refractivity contribution < 1.29 is 0 Å². The van der Waals surface area contributed by atoms with Gasteiger partial charge in [-0.25, -0.2) is 0 Å². The van der Waals surface area contributed by atoms with E-state index in [1.807, 2.05) is 0 Å². The summed E-state index contributed by atoms with van der Waals surface area (Å²) in [6.45, 7) is 10.8. The first kappa shape index (κ1) is 11.4. The van der Waals surface area contributed by atoms with E-state index in [4.69, 9.17) is 0 Å². The molecule has 88 valence electrons. The van der Waals surface area contributed by atoms with Gasteiger partial charge >= 0.3 is 0 Å². The lowest BCUT2D eigenvalue weighted by molar-refractivity contribution is 0.105. The molecule has 1 heterocycles. The lowest BCUT2D eigenvalue weighted by Crippen LogP contribution is -2.58. The van der Waals surface area contributed by atoms with E-state index >= 15 is 0 Å². The molecule has 1 aliphatic carbocycles. The van der Waals surface area contributed by atoms with Crippen LogP contribution in [0.25, 0.3) is 0 Å². The quantitative estimate of drug-likeness (QED) is 0.764. The summed E-state index contributed by atoms with van der Waals surface area (Å²) in [5, 5.41) is 3.70. The molecule has 1 saturated carbocycles. The van der Waals surface area contributed by atoms with Crippen LogP contribution in [0.2, 0.25) is 0 Å². The topological polar surface area (TPSA) is 15.3 Å². The van der Waals surface area contributed by atoms with E-state index in [9.17, 15) is 0 Å². The smallest absolute Gasteiger partial charge is 0.0218 e. The molecule has 1 aliphatic heterocycles. The molecule has 0 spiro atoms. The van der Waals surface area contributed by atoms with E-state index in [2.05, 4.69) is 31.0 Å². The van der Waals surface area contributed by atoms with Crippen LogP contribution in [-0.4, -0.2) is 36.6 Å². The van der Waals surface area contributed by atoms with Crippen LogP contribution in [-0.2, 0) is 0 Å². The van der Waals surface area contributed by atoms with Crippen molar-refractivity contribution in [2.24, 2.45) is 11.8 Å². The second-order valence-corrected chi connectivity index (χ2v) is 5.72. The zero-order valence-corrected chi connectivity index (χ0v) is 10.5. The van der Waals surface area contributed by atoms with Gasteiger partial charge in [0.05, 0.1) is 0 Å². The summed E-state index contributed by atoms with van der Waals surface area (Å²) in [7, 11) is 0. The molecule has 2 heteroatoms. The van der Waals surface area contributed by atoms with E-state index in [0.717, 1.165) is 17.9 Å². The van der Waals surface area contributed by atoms with Gasteiger partial charge in [0.2, 0.25) is 0 Å². The van der Waals surface area contributed by atoms with Crippen molar-refractivity contribution in [2.45, 2.75) is 52.1 Å². The van der Waals surface area contributed by atoms with Crippen LogP contribution in [0.3, 0.4) is 0 Å². The van der Waals surface area contributed by atoms with Crippen LogP contribution in [0.4, 0.5) is 0 Å². The fraction of sp³-hybridized carbons (Fsp3) is 1.00. The summed E-state index contributed by atoms with van der Waals surface area (Å²) in [5.41, 5.74) is 0. The van der Waals surface area contributed by atoms with Gasteiger partial charge in [0.1, 0.15) is 0 Å². The van der Waals surface area contributed by atoms with Crippen LogP contribution in [0.15, 0.2) is 0 Å². The molecule has 0 radical (unpaired) electrons. The SMILES string of the molecule is CCC1CNC(C(C)C)CN1CC1CC1. The largest absolute Gasteiger partial charge is 0.311 e. The van der Waals surface area contributed by atoms with Gasteiger partial charge in [-0.3, -0.25) is 4.90 Å². The summed E-state index contributed by atoms with van der Waals surface area (Å²) in [5.74, 6) is 1.80. The normalized spacial score (nSPS) is 33.6. The molecule has 2 atom stereocenters. The molecule has 2 rings (SSSR count). The van der Waals surface area contributed by atoms with E-state index in [1.165, 1.54) is 38.9 Å². The van der Waals surface area contributed by atoms with E-state index in [-0.39, 0.29) is 0 Å². The Bertz CT molecular complexity index is 199. The maximum atomic E-state index is 3.70. The second-order valence-electron chi connectivity index (χ2n) is 5.72. The van der Waals surface area contributed by atoms with Gasteiger partial charge < -0.3 is 5.32 Å². The summed E-state index contributed by atoms with van der Waals surface area (Å²) < 4.78 is 0. The Balaban J connectivity index is 1.88. The van der Waals surface area contributed by atoms with Crippen molar-refractivity contribution in [1.82, 2.24) is 10.2 Å². The average molecular weight is 210 g/mol. The average Bonchev–Trinajstić information content (AvgIpc) is 3.01. The monoisotopic (exact) mass is 210 g/mol. The third kappa shape index (κ3) is 2.94. The summed E-state index contributed by atoms with van der Waals surface area (Å²) in [4.78, 5) is 2.75. The molecule has 0 bridgehead atoms. The zero-order valence-electron chi connectivity index (χ0n) is 10.5. The van der Waals surface area contributed by atoms with Crippen LogP contribution in [0.5, 0.6) is 0 Å². The first-order valence-electron chi connectivity index (χ1n) is 6.68. The number of rotatable bonds is 4. The minimum Gasteiger partial charge on any atom is -0.311 e. The van der Waals surface area contributed by atoms with Crippen molar-refractivity contribution in [3.05, 3.63) is 0 Å². The fourth-order valence-corrected chi connectivity index (χ4v) is 2.59. The van der Waals surface area contributed by atoms with Gasteiger partial charge in [-0.2, -0.15) is 0 Å². The first-order valence-corrected chi connectivity index (χ1v) is 6.68. The highest BCUT2D eigenvalue weighted by Crippen LogP contribution is 2.31. The fourth-order valence-electron chi connectivity index (χ4n) is 2.59. The number of hydrogen-bond donors (Lipinski definition) is 1. The Hall–Kier alpha value is -0.0800. The molecule has 2 aliphatic rings. The molecular weight excluding hydrogens is 184 g/mol. The molecule has 0 amide bonds. The molecule has 1 N–H and O–H groups in total. The van der Waals surface area contributed by atoms with Gasteiger partial charge in [-0.05, 0) is 31.1 Å². The van der Waals surface area contributed by atoms with Gasteiger partial charge in [0.15, 0.2) is 0 Å². The zero-order chi connectivity index (χ0) is 10.8. The number of nitrogens with one attached hydrogen (secondary N) is 1. The molecular formula is C13H26N2. The lowest BCUT2D eigenvalue weighted by atomic mass is 9.98.